The normalized spacial score (nSPS) is 15.9. The molecular formula is C23H30N2O4S. The van der Waals surface area contributed by atoms with Crippen LogP contribution in [0.1, 0.15) is 48.4 Å². The van der Waals surface area contributed by atoms with Crippen LogP contribution in [0.2, 0.25) is 0 Å². The number of aryl methyl sites for hydroxylation is 2. The van der Waals surface area contributed by atoms with E-state index in [1.165, 1.54) is 16.1 Å². The first-order valence-corrected chi connectivity index (χ1v) is 12.1. The van der Waals surface area contributed by atoms with Crippen molar-refractivity contribution in [2.45, 2.75) is 45.1 Å². The standard InChI is InChI=1S/C23H30N2O4S/c1-17-8-4-5-11-22(17)25(30(3,27)28)15-7-12-23(26)24-21-10-6-9-18-16-19(29-2)13-14-20(18)21/h4-5,8,11,13-14,16,21H,6-7,9-10,12,15H2,1-3H3,(H,24,26)/t21-/m0/s1. The van der Waals surface area contributed by atoms with Gasteiger partial charge >= 0.3 is 0 Å². The van der Waals surface area contributed by atoms with Crippen molar-refractivity contribution in [1.29, 1.82) is 0 Å². The van der Waals surface area contributed by atoms with Gasteiger partial charge in [-0.3, -0.25) is 9.10 Å². The summed E-state index contributed by atoms with van der Waals surface area (Å²) in [5.41, 5.74) is 3.92. The summed E-state index contributed by atoms with van der Waals surface area (Å²) in [6.45, 7) is 2.16. The van der Waals surface area contributed by atoms with Crippen LogP contribution in [-0.4, -0.2) is 34.2 Å². The molecule has 0 spiro atoms. The summed E-state index contributed by atoms with van der Waals surface area (Å²) in [6, 6.07) is 13.4. The molecular weight excluding hydrogens is 400 g/mol. The average Bonchev–Trinajstić information content (AvgIpc) is 2.71. The molecule has 0 radical (unpaired) electrons. The van der Waals surface area contributed by atoms with Crippen molar-refractivity contribution in [2.75, 3.05) is 24.2 Å². The second kappa shape index (κ2) is 9.51. The van der Waals surface area contributed by atoms with Crippen LogP contribution in [0, 0.1) is 6.92 Å². The highest BCUT2D eigenvalue weighted by Gasteiger charge is 2.23. The van der Waals surface area contributed by atoms with Crippen molar-refractivity contribution in [3.8, 4) is 5.75 Å². The first kappa shape index (κ1) is 22.2. The zero-order valence-electron chi connectivity index (χ0n) is 17.8. The van der Waals surface area contributed by atoms with Crippen LogP contribution in [0.3, 0.4) is 0 Å². The van der Waals surface area contributed by atoms with Gasteiger partial charge in [-0.25, -0.2) is 8.42 Å². The van der Waals surface area contributed by atoms with Gasteiger partial charge in [-0.05, 0) is 67.5 Å². The van der Waals surface area contributed by atoms with Crippen molar-refractivity contribution in [3.05, 3.63) is 59.2 Å². The second-order valence-electron chi connectivity index (χ2n) is 7.80. The van der Waals surface area contributed by atoms with E-state index in [-0.39, 0.29) is 24.9 Å². The molecule has 0 aromatic heterocycles. The average molecular weight is 431 g/mol. The van der Waals surface area contributed by atoms with Crippen LogP contribution >= 0.6 is 0 Å². The number of sulfonamides is 1. The van der Waals surface area contributed by atoms with Gasteiger partial charge in [-0.1, -0.05) is 24.3 Å². The number of para-hydroxylation sites is 1. The summed E-state index contributed by atoms with van der Waals surface area (Å²) in [7, 11) is -1.77. The predicted octanol–water partition coefficient (Wildman–Crippen LogP) is 3.74. The molecule has 1 amide bonds. The number of anilines is 1. The Morgan fingerprint density at radius 2 is 2.00 bits per heavy atom. The molecule has 0 saturated carbocycles. The molecule has 0 fully saturated rings. The van der Waals surface area contributed by atoms with E-state index in [0.29, 0.717) is 12.1 Å². The number of nitrogens with one attached hydrogen (secondary N) is 1. The molecule has 6 nitrogen and oxygen atoms in total. The highest BCUT2D eigenvalue weighted by molar-refractivity contribution is 7.92. The lowest BCUT2D eigenvalue weighted by atomic mass is 9.87. The zero-order chi connectivity index (χ0) is 21.7. The topological polar surface area (TPSA) is 75.7 Å². The lowest BCUT2D eigenvalue weighted by Gasteiger charge is -2.27. The predicted molar refractivity (Wildman–Crippen MR) is 119 cm³/mol. The first-order chi connectivity index (χ1) is 14.3. The number of hydrogen-bond donors (Lipinski definition) is 1. The molecule has 2 aromatic rings. The van der Waals surface area contributed by atoms with Gasteiger partial charge in [0.1, 0.15) is 5.75 Å². The lowest BCUT2D eigenvalue weighted by Crippen LogP contribution is -2.34. The number of carbonyl (C=O) groups excluding carboxylic acids is 1. The van der Waals surface area contributed by atoms with E-state index in [9.17, 15) is 13.2 Å². The fourth-order valence-electron chi connectivity index (χ4n) is 4.03. The largest absolute Gasteiger partial charge is 0.497 e. The molecule has 1 aliphatic rings. The van der Waals surface area contributed by atoms with Gasteiger partial charge in [0.2, 0.25) is 15.9 Å². The Balaban J connectivity index is 1.60. The van der Waals surface area contributed by atoms with Gasteiger partial charge < -0.3 is 10.1 Å². The van der Waals surface area contributed by atoms with E-state index >= 15 is 0 Å². The summed E-state index contributed by atoms with van der Waals surface area (Å²) in [5.74, 6) is 0.778. The second-order valence-corrected chi connectivity index (χ2v) is 9.71. The lowest BCUT2D eigenvalue weighted by molar-refractivity contribution is -0.122. The van der Waals surface area contributed by atoms with Crippen LogP contribution in [0.25, 0.3) is 0 Å². The van der Waals surface area contributed by atoms with E-state index in [1.54, 1.807) is 13.2 Å². The van der Waals surface area contributed by atoms with Gasteiger partial charge in [-0.2, -0.15) is 0 Å². The van der Waals surface area contributed by atoms with Gasteiger partial charge in [0, 0.05) is 13.0 Å². The van der Waals surface area contributed by atoms with Gasteiger partial charge in [0.25, 0.3) is 0 Å². The highest BCUT2D eigenvalue weighted by Crippen LogP contribution is 2.32. The Labute approximate surface area is 179 Å². The fraction of sp³-hybridized carbons (Fsp3) is 0.435. The third kappa shape index (κ3) is 5.33. The quantitative estimate of drug-likeness (QED) is 0.692. The molecule has 3 rings (SSSR count). The number of rotatable bonds is 8. The highest BCUT2D eigenvalue weighted by atomic mass is 32.2. The monoisotopic (exact) mass is 430 g/mol. The molecule has 162 valence electrons. The van der Waals surface area contributed by atoms with E-state index in [1.807, 2.05) is 43.3 Å². The smallest absolute Gasteiger partial charge is 0.232 e. The summed E-state index contributed by atoms with van der Waals surface area (Å²) < 4.78 is 31.3. The molecule has 0 unspecified atom stereocenters. The van der Waals surface area contributed by atoms with Crippen molar-refractivity contribution in [2.24, 2.45) is 0 Å². The summed E-state index contributed by atoms with van der Waals surface area (Å²) in [6.07, 6.45) is 4.84. The van der Waals surface area contributed by atoms with Gasteiger partial charge in [-0.15, -0.1) is 0 Å². The van der Waals surface area contributed by atoms with E-state index in [0.717, 1.165) is 36.1 Å². The van der Waals surface area contributed by atoms with Crippen LogP contribution < -0.4 is 14.4 Å². The number of methoxy groups -OCH3 is 1. The van der Waals surface area contributed by atoms with Crippen molar-refractivity contribution in [3.63, 3.8) is 0 Å². The number of fused-ring (bicyclic) bond motifs is 1. The van der Waals surface area contributed by atoms with Crippen molar-refractivity contribution >= 4 is 21.6 Å². The molecule has 0 bridgehead atoms. The third-order valence-corrected chi connectivity index (χ3v) is 6.73. The Morgan fingerprint density at radius 1 is 1.23 bits per heavy atom. The van der Waals surface area contributed by atoms with Crippen LogP contribution in [0.15, 0.2) is 42.5 Å². The number of nitrogens with zero attached hydrogens (tertiary/aromatic N) is 1. The van der Waals surface area contributed by atoms with E-state index < -0.39 is 10.0 Å². The third-order valence-electron chi connectivity index (χ3n) is 5.55. The maximum Gasteiger partial charge on any atom is 0.232 e. The van der Waals surface area contributed by atoms with Gasteiger partial charge in [0.05, 0.1) is 25.1 Å². The van der Waals surface area contributed by atoms with Crippen LogP contribution in [0.4, 0.5) is 5.69 Å². The Morgan fingerprint density at radius 3 is 2.70 bits per heavy atom. The molecule has 2 aromatic carbocycles. The summed E-state index contributed by atoms with van der Waals surface area (Å²) >= 11 is 0. The Hall–Kier alpha value is -2.54. The fourth-order valence-corrected chi connectivity index (χ4v) is 5.05. The Bertz CT molecular complexity index is 1000. The van der Waals surface area contributed by atoms with Crippen molar-refractivity contribution < 1.29 is 17.9 Å². The minimum atomic E-state index is -3.42. The van der Waals surface area contributed by atoms with Crippen LogP contribution in [0.5, 0.6) is 5.75 Å². The minimum Gasteiger partial charge on any atom is -0.497 e. The summed E-state index contributed by atoms with van der Waals surface area (Å²) in [5, 5.41) is 3.13. The zero-order valence-corrected chi connectivity index (χ0v) is 18.7. The molecule has 1 aliphatic carbocycles. The molecule has 1 N–H and O–H groups in total. The summed E-state index contributed by atoms with van der Waals surface area (Å²) in [4.78, 5) is 12.6. The molecule has 30 heavy (non-hydrogen) atoms. The molecule has 7 heteroatoms. The number of carbonyl (C=O) groups is 1. The number of ether oxygens (including phenoxy) is 1. The number of hydrogen-bond acceptors (Lipinski definition) is 4. The minimum absolute atomic E-state index is 0.00506. The first-order valence-electron chi connectivity index (χ1n) is 10.3. The molecule has 0 aliphatic heterocycles. The molecule has 0 heterocycles. The molecule has 1 atom stereocenters. The maximum absolute atomic E-state index is 12.6. The SMILES string of the molecule is COc1ccc2c(c1)CCC[C@@H]2NC(=O)CCCN(c1ccccc1C)S(C)(=O)=O. The van der Waals surface area contributed by atoms with Crippen molar-refractivity contribution in [1.82, 2.24) is 5.32 Å². The Kier molecular flexibility index (Phi) is 7.02. The number of benzene rings is 2. The maximum atomic E-state index is 12.6. The van der Waals surface area contributed by atoms with E-state index in [2.05, 4.69) is 5.32 Å². The van der Waals surface area contributed by atoms with Gasteiger partial charge in [0.15, 0.2) is 0 Å². The van der Waals surface area contributed by atoms with Crippen LogP contribution in [-0.2, 0) is 21.2 Å². The van der Waals surface area contributed by atoms with E-state index in [4.69, 9.17) is 4.74 Å². The molecule has 0 saturated heterocycles. The number of amides is 1.